The first kappa shape index (κ1) is 11.8. The highest BCUT2D eigenvalue weighted by atomic mass is 15.3. The van der Waals surface area contributed by atoms with Crippen molar-refractivity contribution in [2.75, 3.05) is 32.1 Å². The third-order valence-corrected chi connectivity index (χ3v) is 3.22. The maximum atomic E-state index is 8.83. The minimum Gasteiger partial charge on any atom is -0.340 e. The number of hydrogen-bond acceptors (Lipinski definition) is 5. The van der Waals surface area contributed by atoms with Gasteiger partial charge in [0.1, 0.15) is 11.8 Å². The molecule has 0 aromatic carbocycles. The van der Waals surface area contributed by atoms with E-state index in [0.717, 1.165) is 19.5 Å². The minimum absolute atomic E-state index is 0.422. The van der Waals surface area contributed by atoms with E-state index in [1.165, 1.54) is 6.42 Å². The second kappa shape index (κ2) is 5.11. The summed E-state index contributed by atoms with van der Waals surface area (Å²) in [7, 11) is 4.13. The molecule has 1 saturated heterocycles. The van der Waals surface area contributed by atoms with Crippen molar-refractivity contribution in [3.8, 4) is 6.07 Å². The predicted molar refractivity (Wildman–Crippen MR) is 65.7 cm³/mol. The molecule has 0 spiro atoms. The van der Waals surface area contributed by atoms with Gasteiger partial charge in [-0.2, -0.15) is 5.26 Å². The van der Waals surface area contributed by atoms with Crippen LogP contribution >= 0.6 is 0 Å². The predicted octanol–water partition coefficient (Wildman–Crippen LogP) is 0.879. The average Bonchev–Trinajstić information content (AvgIpc) is 2.38. The largest absolute Gasteiger partial charge is 0.340 e. The van der Waals surface area contributed by atoms with E-state index in [9.17, 15) is 0 Å². The summed E-state index contributed by atoms with van der Waals surface area (Å²) in [5, 5.41) is 8.83. The molecule has 17 heavy (non-hydrogen) atoms. The van der Waals surface area contributed by atoms with Crippen LogP contribution in [0.1, 0.15) is 18.5 Å². The lowest BCUT2D eigenvalue weighted by Crippen LogP contribution is -2.45. The Hall–Kier alpha value is -1.67. The molecule has 2 rings (SSSR count). The number of nitriles is 1. The van der Waals surface area contributed by atoms with E-state index in [1.54, 1.807) is 12.3 Å². The van der Waals surface area contributed by atoms with Gasteiger partial charge in [0.2, 0.25) is 5.95 Å². The number of anilines is 1. The Balaban J connectivity index is 2.13. The lowest BCUT2D eigenvalue weighted by molar-refractivity contribution is 0.247. The Kier molecular flexibility index (Phi) is 3.55. The summed E-state index contributed by atoms with van der Waals surface area (Å²) in [5.74, 6) is 0.643. The molecule has 90 valence electrons. The second-order valence-corrected chi connectivity index (χ2v) is 4.52. The molecular formula is C12H17N5. The molecule has 0 radical (unpaired) electrons. The lowest BCUT2D eigenvalue weighted by atomic mass is 10.1. The van der Waals surface area contributed by atoms with Crippen LogP contribution in [0.25, 0.3) is 0 Å². The van der Waals surface area contributed by atoms with Gasteiger partial charge in [-0.25, -0.2) is 9.97 Å². The van der Waals surface area contributed by atoms with Crippen molar-refractivity contribution in [3.05, 3.63) is 18.0 Å². The highest BCUT2D eigenvalue weighted by molar-refractivity contribution is 5.34. The quantitative estimate of drug-likeness (QED) is 0.756. The summed E-state index contributed by atoms with van der Waals surface area (Å²) in [6.45, 7) is 2.18. The molecule has 1 aromatic rings. The van der Waals surface area contributed by atoms with E-state index in [-0.39, 0.29) is 0 Å². The van der Waals surface area contributed by atoms with Crippen molar-refractivity contribution < 1.29 is 0 Å². The highest BCUT2D eigenvalue weighted by Gasteiger charge is 2.22. The van der Waals surface area contributed by atoms with Crippen LogP contribution in [0.3, 0.4) is 0 Å². The monoisotopic (exact) mass is 231 g/mol. The Labute approximate surface area is 102 Å². The topological polar surface area (TPSA) is 56.0 Å². The Morgan fingerprint density at radius 3 is 3.12 bits per heavy atom. The first-order valence-corrected chi connectivity index (χ1v) is 5.85. The van der Waals surface area contributed by atoms with Gasteiger partial charge in [-0.15, -0.1) is 0 Å². The molecule has 0 saturated carbocycles. The standard InChI is InChI=1S/C12H17N5/c1-16-7-3-4-11(9-16)17(2)12-14-6-5-10(8-13)15-12/h5-6,11H,3-4,7,9H2,1-2H3. The van der Waals surface area contributed by atoms with Crippen LogP contribution in [0.4, 0.5) is 5.95 Å². The van der Waals surface area contributed by atoms with Gasteiger partial charge in [-0.05, 0) is 32.5 Å². The van der Waals surface area contributed by atoms with Gasteiger partial charge in [0.15, 0.2) is 0 Å². The van der Waals surface area contributed by atoms with Gasteiger partial charge in [0.05, 0.1) is 0 Å². The molecule has 1 aliphatic rings. The summed E-state index contributed by atoms with van der Waals surface area (Å²) < 4.78 is 0. The molecule has 5 heteroatoms. The molecule has 0 aliphatic carbocycles. The third-order valence-electron chi connectivity index (χ3n) is 3.22. The van der Waals surface area contributed by atoms with Crippen LogP contribution in [0.2, 0.25) is 0 Å². The first-order valence-electron chi connectivity index (χ1n) is 5.85. The molecule has 2 heterocycles. The molecule has 1 fully saturated rings. The number of hydrogen-bond donors (Lipinski definition) is 0. The molecule has 0 amide bonds. The molecule has 5 nitrogen and oxygen atoms in total. The van der Waals surface area contributed by atoms with Crippen molar-refractivity contribution in [2.24, 2.45) is 0 Å². The zero-order valence-corrected chi connectivity index (χ0v) is 10.3. The first-order chi connectivity index (χ1) is 8.20. The van der Waals surface area contributed by atoms with Gasteiger partial charge in [0.25, 0.3) is 0 Å². The summed E-state index contributed by atoms with van der Waals surface area (Å²) in [6.07, 6.45) is 3.99. The number of aromatic nitrogens is 2. The van der Waals surface area contributed by atoms with Gasteiger partial charge in [0, 0.05) is 25.8 Å². The highest BCUT2D eigenvalue weighted by Crippen LogP contribution is 2.17. The fourth-order valence-electron chi connectivity index (χ4n) is 2.20. The van der Waals surface area contributed by atoms with Crippen molar-refractivity contribution in [2.45, 2.75) is 18.9 Å². The van der Waals surface area contributed by atoms with E-state index in [1.807, 2.05) is 13.1 Å². The van der Waals surface area contributed by atoms with Crippen LogP contribution in [0.15, 0.2) is 12.3 Å². The fraction of sp³-hybridized carbons (Fsp3) is 0.583. The molecule has 1 aliphatic heterocycles. The van der Waals surface area contributed by atoms with Gasteiger partial charge < -0.3 is 9.80 Å². The maximum Gasteiger partial charge on any atom is 0.226 e. The normalized spacial score (nSPS) is 20.9. The molecule has 1 atom stereocenters. The minimum atomic E-state index is 0.422. The number of nitrogens with zero attached hydrogens (tertiary/aromatic N) is 5. The van der Waals surface area contributed by atoms with Crippen LogP contribution in [-0.4, -0.2) is 48.1 Å². The fourth-order valence-corrected chi connectivity index (χ4v) is 2.20. The van der Waals surface area contributed by atoms with Crippen LogP contribution in [0.5, 0.6) is 0 Å². The summed E-state index contributed by atoms with van der Waals surface area (Å²) in [5.41, 5.74) is 0.422. The van der Waals surface area contributed by atoms with E-state index in [4.69, 9.17) is 5.26 Å². The SMILES string of the molecule is CN1CCCC(N(C)c2nccc(C#N)n2)C1. The van der Waals surface area contributed by atoms with E-state index < -0.39 is 0 Å². The summed E-state index contributed by atoms with van der Waals surface area (Å²) in [4.78, 5) is 12.9. The molecule has 1 unspecified atom stereocenters. The van der Waals surface area contributed by atoms with Crippen molar-refractivity contribution in [3.63, 3.8) is 0 Å². The summed E-state index contributed by atoms with van der Waals surface area (Å²) in [6, 6.07) is 4.11. The molecule has 0 bridgehead atoms. The van der Waals surface area contributed by atoms with E-state index in [2.05, 4.69) is 26.8 Å². The lowest BCUT2D eigenvalue weighted by Gasteiger charge is -2.35. The second-order valence-electron chi connectivity index (χ2n) is 4.52. The number of likely N-dealkylation sites (N-methyl/N-ethyl adjacent to an activating group) is 2. The Morgan fingerprint density at radius 2 is 2.41 bits per heavy atom. The van der Waals surface area contributed by atoms with Crippen molar-refractivity contribution in [1.29, 1.82) is 5.26 Å². The summed E-state index contributed by atoms with van der Waals surface area (Å²) >= 11 is 0. The van der Waals surface area contributed by atoms with Crippen molar-refractivity contribution >= 4 is 5.95 Å². The molecule has 1 aromatic heterocycles. The molecule has 0 N–H and O–H groups in total. The van der Waals surface area contributed by atoms with Crippen molar-refractivity contribution in [1.82, 2.24) is 14.9 Å². The van der Waals surface area contributed by atoms with Gasteiger partial charge in [-0.1, -0.05) is 0 Å². The smallest absolute Gasteiger partial charge is 0.226 e. The van der Waals surface area contributed by atoms with Gasteiger partial charge in [-0.3, -0.25) is 0 Å². The Bertz CT molecular complexity index is 425. The number of likely N-dealkylation sites (tertiary alicyclic amines) is 1. The maximum absolute atomic E-state index is 8.83. The Morgan fingerprint density at radius 1 is 1.59 bits per heavy atom. The number of rotatable bonds is 2. The third kappa shape index (κ3) is 2.71. The zero-order valence-electron chi connectivity index (χ0n) is 10.3. The van der Waals surface area contributed by atoms with Crippen LogP contribution in [0, 0.1) is 11.3 Å². The van der Waals surface area contributed by atoms with Crippen LogP contribution < -0.4 is 4.90 Å². The zero-order chi connectivity index (χ0) is 12.3. The van der Waals surface area contributed by atoms with Gasteiger partial charge >= 0.3 is 0 Å². The average molecular weight is 231 g/mol. The number of piperidine rings is 1. The van der Waals surface area contributed by atoms with E-state index >= 15 is 0 Å². The van der Waals surface area contributed by atoms with E-state index in [0.29, 0.717) is 17.7 Å². The molecular weight excluding hydrogens is 214 g/mol. The van der Waals surface area contributed by atoms with Crippen LogP contribution in [-0.2, 0) is 0 Å².